The number of thiazole rings is 1. The van der Waals surface area contributed by atoms with Crippen molar-refractivity contribution in [2.45, 2.75) is 17.0 Å². The molecule has 11 heteroatoms. The van der Waals surface area contributed by atoms with Crippen LogP contribution in [0.25, 0.3) is 15.9 Å². The molecule has 0 bridgehead atoms. The van der Waals surface area contributed by atoms with Crippen LogP contribution in [-0.2, 0) is 0 Å². The second-order valence-electron chi connectivity index (χ2n) is 6.44. The predicted octanol–water partition coefficient (Wildman–Crippen LogP) is 4.89. The van der Waals surface area contributed by atoms with Crippen molar-refractivity contribution >= 4 is 50.2 Å². The van der Waals surface area contributed by atoms with E-state index in [0.29, 0.717) is 34.2 Å². The number of anilines is 1. The lowest BCUT2D eigenvalue weighted by Gasteiger charge is -2.03. The minimum absolute atomic E-state index is 0.457. The fraction of sp³-hybridized carbons (Fsp3) is 0.0952. The van der Waals surface area contributed by atoms with Crippen molar-refractivity contribution in [1.82, 2.24) is 24.8 Å². The number of nitrogens with zero attached hydrogens (tertiary/aromatic N) is 5. The number of carbonyl (C=O) groups excluding carboxylic acids is 1. The van der Waals surface area contributed by atoms with Crippen LogP contribution in [-0.4, -0.2) is 37.5 Å². The molecule has 1 amide bonds. The molecule has 3 heterocycles. The zero-order valence-corrected chi connectivity index (χ0v) is 18.4. The largest absolute Gasteiger partial charge is 0.477 e. The van der Waals surface area contributed by atoms with Crippen LogP contribution >= 0.6 is 23.1 Å². The van der Waals surface area contributed by atoms with Crippen molar-refractivity contribution in [3.05, 3.63) is 60.7 Å². The Kier molecular flexibility index (Phi) is 5.57. The summed E-state index contributed by atoms with van der Waals surface area (Å²) in [6.45, 7) is 2.43. The predicted molar refractivity (Wildman–Crippen MR) is 122 cm³/mol. The molecule has 0 saturated carbocycles. The van der Waals surface area contributed by atoms with Gasteiger partial charge < -0.3 is 9.47 Å². The summed E-state index contributed by atoms with van der Waals surface area (Å²) in [6, 6.07) is 18.3. The van der Waals surface area contributed by atoms with E-state index in [9.17, 15) is 4.79 Å². The van der Waals surface area contributed by atoms with Crippen molar-refractivity contribution in [3.63, 3.8) is 0 Å². The van der Waals surface area contributed by atoms with E-state index in [1.54, 1.807) is 34.8 Å². The summed E-state index contributed by atoms with van der Waals surface area (Å²) in [5, 5.41) is 16.6. The standard InChI is InChI=1S/C21H16N6O3S2/c1-2-29-18-11-10-17-24-25-20(27(17)26-18)31-14-8-9-15-16(12-14)32-19(22-15)23-21(28)30-13-6-4-3-5-7-13/h3-12H,2H2,1H3,(H,22,23,28). The molecule has 160 valence electrons. The zero-order valence-electron chi connectivity index (χ0n) is 16.8. The van der Waals surface area contributed by atoms with Crippen LogP contribution in [0.15, 0.2) is 70.7 Å². The highest BCUT2D eigenvalue weighted by atomic mass is 32.2. The molecule has 0 fully saturated rings. The van der Waals surface area contributed by atoms with Crippen LogP contribution in [0.2, 0.25) is 0 Å². The van der Waals surface area contributed by atoms with E-state index in [2.05, 4.69) is 25.6 Å². The molecule has 0 aliphatic carbocycles. The van der Waals surface area contributed by atoms with Crippen molar-refractivity contribution in [3.8, 4) is 11.6 Å². The first-order valence-electron chi connectivity index (χ1n) is 9.65. The molecule has 32 heavy (non-hydrogen) atoms. The van der Waals surface area contributed by atoms with E-state index < -0.39 is 6.09 Å². The summed E-state index contributed by atoms with van der Waals surface area (Å²) < 4.78 is 13.3. The Labute approximate surface area is 190 Å². The van der Waals surface area contributed by atoms with Gasteiger partial charge in [-0.25, -0.2) is 9.78 Å². The molecule has 0 spiro atoms. The highest BCUT2D eigenvalue weighted by Crippen LogP contribution is 2.33. The van der Waals surface area contributed by atoms with Crippen LogP contribution in [0, 0.1) is 0 Å². The third kappa shape index (κ3) is 4.34. The van der Waals surface area contributed by atoms with Gasteiger partial charge in [-0.1, -0.05) is 29.5 Å². The molecule has 2 aromatic carbocycles. The summed E-state index contributed by atoms with van der Waals surface area (Å²) in [6.07, 6.45) is -0.587. The van der Waals surface area contributed by atoms with E-state index >= 15 is 0 Å². The summed E-state index contributed by atoms with van der Waals surface area (Å²) >= 11 is 2.79. The quantitative estimate of drug-likeness (QED) is 0.379. The number of hydrogen-bond acceptors (Lipinski definition) is 9. The molecule has 5 rings (SSSR count). The first-order chi connectivity index (χ1) is 15.7. The molecular formula is C21H16N6O3S2. The second-order valence-corrected chi connectivity index (χ2v) is 8.51. The average molecular weight is 465 g/mol. The summed E-state index contributed by atoms with van der Waals surface area (Å²) in [5.74, 6) is 0.976. The van der Waals surface area contributed by atoms with Gasteiger partial charge in [0.1, 0.15) is 5.75 Å². The van der Waals surface area contributed by atoms with Gasteiger partial charge in [0.2, 0.25) is 11.0 Å². The normalized spacial score (nSPS) is 11.0. The molecule has 0 radical (unpaired) electrons. The Morgan fingerprint density at radius 1 is 1.12 bits per heavy atom. The van der Waals surface area contributed by atoms with Gasteiger partial charge in [-0.3, -0.25) is 5.32 Å². The number of amides is 1. The maximum Gasteiger partial charge on any atom is 0.418 e. The van der Waals surface area contributed by atoms with Crippen LogP contribution in [0.1, 0.15) is 6.92 Å². The second kappa shape index (κ2) is 8.81. The smallest absolute Gasteiger partial charge is 0.418 e. The van der Waals surface area contributed by atoms with Crippen molar-refractivity contribution in [2.75, 3.05) is 11.9 Å². The zero-order chi connectivity index (χ0) is 21.9. The minimum atomic E-state index is -0.587. The Morgan fingerprint density at radius 2 is 2.00 bits per heavy atom. The first kappa shape index (κ1) is 20.2. The average Bonchev–Trinajstić information content (AvgIpc) is 3.37. The molecule has 0 unspecified atom stereocenters. The molecular weight excluding hydrogens is 448 g/mol. The summed E-state index contributed by atoms with van der Waals surface area (Å²) in [4.78, 5) is 17.5. The number of benzene rings is 2. The number of aromatic nitrogens is 5. The lowest BCUT2D eigenvalue weighted by Crippen LogP contribution is -2.16. The topological polar surface area (TPSA) is 104 Å². The molecule has 9 nitrogen and oxygen atoms in total. The molecule has 0 aliphatic heterocycles. The van der Waals surface area contributed by atoms with Gasteiger partial charge >= 0.3 is 6.09 Å². The van der Waals surface area contributed by atoms with E-state index in [4.69, 9.17) is 9.47 Å². The van der Waals surface area contributed by atoms with Gasteiger partial charge in [0.05, 0.1) is 16.8 Å². The third-order valence-corrected chi connectivity index (χ3v) is 6.09. The molecule has 0 saturated heterocycles. The van der Waals surface area contributed by atoms with Crippen LogP contribution in [0.5, 0.6) is 11.6 Å². The molecule has 5 aromatic rings. The number of hydrogen-bond donors (Lipinski definition) is 1. The third-order valence-electron chi connectivity index (χ3n) is 4.23. The first-order valence-corrected chi connectivity index (χ1v) is 11.3. The number of nitrogens with one attached hydrogen (secondary N) is 1. The Balaban J connectivity index is 1.33. The van der Waals surface area contributed by atoms with Crippen molar-refractivity contribution < 1.29 is 14.3 Å². The van der Waals surface area contributed by atoms with Crippen LogP contribution < -0.4 is 14.8 Å². The van der Waals surface area contributed by atoms with E-state index in [0.717, 1.165) is 15.1 Å². The van der Waals surface area contributed by atoms with Gasteiger partial charge in [0.25, 0.3) is 0 Å². The number of rotatable bonds is 6. The monoisotopic (exact) mass is 464 g/mol. The lowest BCUT2D eigenvalue weighted by atomic mass is 10.3. The van der Waals surface area contributed by atoms with Crippen molar-refractivity contribution in [1.29, 1.82) is 0 Å². The maximum absolute atomic E-state index is 12.1. The van der Waals surface area contributed by atoms with Gasteiger partial charge in [0, 0.05) is 11.0 Å². The highest BCUT2D eigenvalue weighted by molar-refractivity contribution is 7.99. The maximum atomic E-state index is 12.1. The molecule has 0 aliphatic rings. The molecule has 0 atom stereocenters. The minimum Gasteiger partial charge on any atom is -0.477 e. The highest BCUT2D eigenvalue weighted by Gasteiger charge is 2.13. The van der Waals surface area contributed by atoms with Gasteiger partial charge in [0.15, 0.2) is 10.8 Å². The Hall–Kier alpha value is -3.70. The SMILES string of the molecule is CCOc1ccc2nnc(Sc3ccc4nc(NC(=O)Oc5ccccc5)sc4c3)n2n1. The van der Waals surface area contributed by atoms with E-state index in [1.165, 1.54) is 23.1 Å². The van der Waals surface area contributed by atoms with Gasteiger partial charge in [-0.15, -0.1) is 15.3 Å². The Morgan fingerprint density at radius 3 is 2.84 bits per heavy atom. The fourth-order valence-electron chi connectivity index (χ4n) is 2.88. The fourth-order valence-corrected chi connectivity index (χ4v) is 4.67. The van der Waals surface area contributed by atoms with Crippen molar-refractivity contribution in [2.24, 2.45) is 0 Å². The van der Waals surface area contributed by atoms with E-state index in [-0.39, 0.29) is 0 Å². The number of fused-ring (bicyclic) bond motifs is 2. The van der Waals surface area contributed by atoms with Crippen LogP contribution in [0.3, 0.4) is 0 Å². The van der Waals surface area contributed by atoms with Gasteiger partial charge in [-0.2, -0.15) is 4.52 Å². The molecule has 3 aromatic heterocycles. The summed E-state index contributed by atoms with van der Waals surface area (Å²) in [7, 11) is 0. The number of ether oxygens (including phenoxy) is 2. The Bertz CT molecular complexity index is 1400. The summed E-state index contributed by atoms with van der Waals surface area (Å²) in [5.41, 5.74) is 1.41. The lowest BCUT2D eigenvalue weighted by molar-refractivity contribution is 0.215. The van der Waals surface area contributed by atoms with E-state index in [1.807, 2.05) is 37.3 Å². The van der Waals surface area contributed by atoms with Gasteiger partial charge in [-0.05, 0) is 55.1 Å². The van der Waals surface area contributed by atoms with Crippen LogP contribution in [0.4, 0.5) is 9.93 Å². The number of carbonyl (C=O) groups is 1. The number of para-hydroxylation sites is 1. The molecule has 1 N–H and O–H groups in total.